The lowest BCUT2D eigenvalue weighted by Gasteiger charge is -2.23. The minimum atomic E-state index is -1.11. The van der Waals surface area contributed by atoms with E-state index in [4.69, 9.17) is 9.15 Å². The van der Waals surface area contributed by atoms with Gasteiger partial charge in [0.2, 0.25) is 5.89 Å². The van der Waals surface area contributed by atoms with Crippen molar-refractivity contribution in [2.24, 2.45) is 0 Å². The van der Waals surface area contributed by atoms with E-state index in [1.807, 2.05) is 36.4 Å². The molecule has 1 N–H and O–H groups in total. The normalized spacial score (nSPS) is 18.4. The Hall–Kier alpha value is -3.78. The van der Waals surface area contributed by atoms with Gasteiger partial charge in [-0.2, -0.15) is 0 Å². The Balaban J connectivity index is 1.26. The first kappa shape index (κ1) is 19.2. The van der Waals surface area contributed by atoms with Gasteiger partial charge in [0.25, 0.3) is 5.91 Å². The maximum absolute atomic E-state index is 12.9. The maximum Gasteiger partial charge on any atom is 0.275 e. The number of ether oxygens (including phenoxy) is 1. The van der Waals surface area contributed by atoms with Crippen LogP contribution in [0.2, 0.25) is 0 Å². The number of likely N-dealkylation sites (tertiary alicyclic amines) is 1. The van der Waals surface area contributed by atoms with Crippen molar-refractivity contribution in [2.75, 3.05) is 13.1 Å². The van der Waals surface area contributed by atoms with Crippen molar-refractivity contribution in [1.29, 1.82) is 0 Å². The molecular formula is C23H20N4O4. The highest BCUT2D eigenvalue weighted by atomic mass is 16.5. The Morgan fingerprint density at radius 1 is 1.19 bits per heavy atom. The number of carbonyl (C=O) groups excluding carboxylic acids is 1. The highest BCUT2D eigenvalue weighted by Gasteiger charge is 2.40. The summed E-state index contributed by atoms with van der Waals surface area (Å²) in [5.41, 5.74) is 0.522. The zero-order valence-electron chi connectivity index (χ0n) is 16.6. The van der Waals surface area contributed by atoms with Gasteiger partial charge in [-0.3, -0.25) is 14.8 Å². The smallest absolute Gasteiger partial charge is 0.275 e. The Bertz CT molecular complexity index is 1220. The van der Waals surface area contributed by atoms with E-state index in [0.717, 1.165) is 10.9 Å². The van der Waals surface area contributed by atoms with Crippen LogP contribution >= 0.6 is 0 Å². The largest absolute Gasteiger partial charge is 0.482 e. The van der Waals surface area contributed by atoms with Gasteiger partial charge < -0.3 is 19.2 Å². The first-order chi connectivity index (χ1) is 15.1. The molecule has 31 heavy (non-hydrogen) atoms. The lowest BCUT2D eigenvalue weighted by molar-refractivity contribution is 0.0413. The summed E-state index contributed by atoms with van der Waals surface area (Å²) in [6, 6.07) is 13.1. The molecule has 8 heteroatoms. The average Bonchev–Trinajstić information content (AvgIpc) is 3.46. The monoisotopic (exact) mass is 416 g/mol. The molecule has 4 aromatic rings. The number of para-hydroxylation sites is 1. The van der Waals surface area contributed by atoms with Crippen molar-refractivity contribution in [3.05, 3.63) is 84.5 Å². The summed E-state index contributed by atoms with van der Waals surface area (Å²) >= 11 is 0. The van der Waals surface area contributed by atoms with Crippen molar-refractivity contribution >= 4 is 16.8 Å². The van der Waals surface area contributed by atoms with Crippen LogP contribution in [-0.2, 0) is 12.2 Å². The highest BCUT2D eigenvalue weighted by Crippen LogP contribution is 2.32. The third-order valence-corrected chi connectivity index (χ3v) is 5.45. The van der Waals surface area contributed by atoms with Gasteiger partial charge in [0, 0.05) is 36.1 Å². The van der Waals surface area contributed by atoms with Crippen LogP contribution < -0.4 is 4.74 Å². The number of pyridine rings is 2. The molecule has 156 valence electrons. The van der Waals surface area contributed by atoms with Gasteiger partial charge in [-0.15, -0.1) is 0 Å². The van der Waals surface area contributed by atoms with E-state index in [0.29, 0.717) is 24.3 Å². The van der Waals surface area contributed by atoms with Crippen LogP contribution in [0.3, 0.4) is 0 Å². The molecule has 1 amide bonds. The van der Waals surface area contributed by atoms with E-state index < -0.39 is 5.60 Å². The minimum Gasteiger partial charge on any atom is -0.482 e. The van der Waals surface area contributed by atoms with Crippen molar-refractivity contribution in [2.45, 2.75) is 18.6 Å². The molecule has 1 unspecified atom stereocenters. The number of β-amino-alcohol motifs (C(OH)–C–C–N with tert-alkyl or cyclic N) is 1. The minimum absolute atomic E-state index is 0.0720. The molecule has 1 saturated heterocycles. The molecule has 0 bridgehead atoms. The number of aromatic nitrogens is 3. The average molecular weight is 416 g/mol. The van der Waals surface area contributed by atoms with Gasteiger partial charge in [0.05, 0.1) is 6.54 Å². The van der Waals surface area contributed by atoms with Crippen molar-refractivity contribution < 1.29 is 19.1 Å². The van der Waals surface area contributed by atoms with Crippen molar-refractivity contribution in [3.63, 3.8) is 0 Å². The molecule has 1 fully saturated rings. The molecule has 5 rings (SSSR count). The number of aliphatic hydroxyl groups is 1. The summed E-state index contributed by atoms with van der Waals surface area (Å²) < 4.78 is 11.3. The molecule has 1 atom stereocenters. The summed E-state index contributed by atoms with van der Waals surface area (Å²) in [5.74, 6) is 0.616. The fourth-order valence-corrected chi connectivity index (χ4v) is 3.81. The van der Waals surface area contributed by atoms with Crippen molar-refractivity contribution in [3.8, 4) is 5.75 Å². The number of carbonyl (C=O) groups is 1. The SMILES string of the molecule is O=C(c1coc(COc2cccc3cccnc23)n1)N1CCC(O)(c2cccnc2)C1. The number of hydrogen-bond acceptors (Lipinski definition) is 7. The summed E-state index contributed by atoms with van der Waals surface area (Å²) in [7, 11) is 0. The highest BCUT2D eigenvalue weighted by molar-refractivity contribution is 5.92. The van der Waals surface area contributed by atoms with E-state index in [1.165, 1.54) is 6.26 Å². The topological polar surface area (TPSA) is 102 Å². The van der Waals surface area contributed by atoms with Gasteiger partial charge in [0.15, 0.2) is 12.3 Å². The number of fused-ring (bicyclic) bond motifs is 1. The first-order valence-electron chi connectivity index (χ1n) is 9.95. The Labute approximate surface area is 178 Å². The molecule has 0 saturated carbocycles. The van der Waals surface area contributed by atoms with Crippen LogP contribution in [0.1, 0.15) is 28.4 Å². The first-order valence-corrected chi connectivity index (χ1v) is 9.95. The molecule has 1 aliphatic rings. The van der Waals surface area contributed by atoms with Gasteiger partial charge >= 0.3 is 0 Å². The number of rotatable bonds is 5. The van der Waals surface area contributed by atoms with Crippen LogP contribution in [0.4, 0.5) is 0 Å². The van der Waals surface area contributed by atoms with Crippen LogP contribution in [0.15, 0.2) is 71.7 Å². The van der Waals surface area contributed by atoms with Gasteiger partial charge in [-0.1, -0.05) is 24.3 Å². The fraction of sp³-hybridized carbons (Fsp3) is 0.217. The van der Waals surface area contributed by atoms with Crippen LogP contribution in [-0.4, -0.2) is 44.0 Å². The lowest BCUT2D eigenvalue weighted by atomic mass is 9.95. The van der Waals surface area contributed by atoms with Gasteiger partial charge in [-0.05, 0) is 24.6 Å². The number of oxazole rings is 1. The molecule has 0 spiro atoms. The van der Waals surface area contributed by atoms with E-state index in [2.05, 4.69) is 15.0 Å². The molecule has 4 heterocycles. The van der Waals surface area contributed by atoms with E-state index >= 15 is 0 Å². The van der Waals surface area contributed by atoms with Crippen LogP contribution in [0.5, 0.6) is 5.75 Å². The standard InChI is InChI=1S/C23H20N4O4/c28-22(27-11-8-23(29,15-27)17-6-3-9-24-12-17)18-13-31-20(26-18)14-30-19-7-1-4-16-5-2-10-25-21(16)19/h1-7,9-10,12-13,29H,8,11,14-15H2. The Morgan fingerprint density at radius 3 is 2.94 bits per heavy atom. The quantitative estimate of drug-likeness (QED) is 0.534. The second-order valence-corrected chi connectivity index (χ2v) is 7.50. The molecule has 8 nitrogen and oxygen atoms in total. The van der Waals surface area contributed by atoms with E-state index in [1.54, 1.807) is 29.6 Å². The molecule has 1 aliphatic heterocycles. The number of hydrogen-bond donors (Lipinski definition) is 1. The number of benzene rings is 1. The zero-order valence-corrected chi connectivity index (χ0v) is 16.6. The molecule has 0 aliphatic carbocycles. The van der Waals surface area contributed by atoms with Crippen molar-refractivity contribution in [1.82, 2.24) is 19.9 Å². The van der Waals surface area contributed by atoms with Crippen LogP contribution in [0, 0.1) is 0 Å². The third kappa shape index (κ3) is 3.73. The predicted octanol–water partition coefficient (Wildman–Crippen LogP) is 2.93. The lowest BCUT2D eigenvalue weighted by Crippen LogP contribution is -2.34. The van der Waals surface area contributed by atoms with Gasteiger partial charge in [-0.25, -0.2) is 4.98 Å². The molecule has 1 aromatic carbocycles. The van der Waals surface area contributed by atoms with E-state index in [9.17, 15) is 9.90 Å². The van der Waals surface area contributed by atoms with E-state index in [-0.39, 0.29) is 30.6 Å². The predicted molar refractivity (Wildman–Crippen MR) is 111 cm³/mol. The summed E-state index contributed by atoms with van der Waals surface area (Å²) in [6.07, 6.45) is 6.75. The number of amides is 1. The fourth-order valence-electron chi connectivity index (χ4n) is 3.81. The second-order valence-electron chi connectivity index (χ2n) is 7.50. The molecular weight excluding hydrogens is 396 g/mol. The summed E-state index contributed by atoms with van der Waals surface area (Å²) in [5, 5.41) is 11.9. The summed E-state index contributed by atoms with van der Waals surface area (Å²) in [6.45, 7) is 0.672. The number of nitrogens with zero attached hydrogens (tertiary/aromatic N) is 4. The molecule has 0 radical (unpaired) electrons. The van der Waals surface area contributed by atoms with Crippen LogP contribution in [0.25, 0.3) is 10.9 Å². The Morgan fingerprint density at radius 2 is 2.06 bits per heavy atom. The summed E-state index contributed by atoms with van der Waals surface area (Å²) in [4.78, 5) is 27.1. The molecule has 3 aromatic heterocycles. The maximum atomic E-state index is 12.9. The zero-order chi connectivity index (χ0) is 21.3. The second kappa shape index (κ2) is 7.81. The third-order valence-electron chi connectivity index (χ3n) is 5.45. The van der Waals surface area contributed by atoms with Gasteiger partial charge in [0.1, 0.15) is 23.1 Å². The Kier molecular flexibility index (Phi) is 4.83.